The third kappa shape index (κ3) is 3.19. The van der Waals surface area contributed by atoms with Gasteiger partial charge in [0, 0.05) is 23.9 Å². The van der Waals surface area contributed by atoms with Crippen LogP contribution >= 0.6 is 12.6 Å². The lowest BCUT2D eigenvalue weighted by Crippen LogP contribution is -1.82. The molecule has 0 aliphatic carbocycles. The first kappa shape index (κ1) is 9.64. The van der Waals surface area contributed by atoms with Crippen LogP contribution in [0.15, 0.2) is 18.3 Å². The van der Waals surface area contributed by atoms with Gasteiger partial charge in [-0.2, -0.15) is 17.9 Å². The molecule has 13 heavy (non-hydrogen) atoms. The number of hydrogen-bond acceptors (Lipinski definition) is 3. The summed E-state index contributed by atoms with van der Waals surface area (Å²) < 4.78 is 0. The van der Waals surface area contributed by atoms with Crippen LogP contribution in [0.5, 0.6) is 0 Å². The number of thiol groups is 1. The van der Waals surface area contributed by atoms with Gasteiger partial charge >= 0.3 is 0 Å². The van der Waals surface area contributed by atoms with Crippen LogP contribution in [0.3, 0.4) is 0 Å². The molecule has 0 radical (unpaired) electrons. The zero-order valence-corrected chi connectivity index (χ0v) is 7.88. The lowest BCUT2D eigenvalue weighted by molar-refractivity contribution is 1.25. The molecule has 2 nitrogen and oxygen atoms in total. The number of nitriles is 1. The quantitative estimate of drug-likeness (QED) is 0.537. The Morgan fingerprint density at radius 3 is 2.85 bits per heavy atom. The molecule has 0 aliphatic rings. The number of aromatic nitrogens is 1. The molecule has 0 aromatic carbocycles. The summed E-state index contributed by atoms with van der Waals surface area (Å²) >= 11 is 4.04. The van der Waals surface area contributed by atoms with Gasteiger partial charge in [-0.25, -0.2) is 4.98 Å². The lowest BCUT2D eigenvalue weighted by atomic mass is 10.2. The summed E-state index contributed by atoms with van der Waals surface area (Å²) in [5.41, 5.74) is 1.25. The van der Waals surface area contributed by atoms with Crippen LogP contribution in [0.1, 0.15) is 17.7 Å². The van der Waals surface area contributed by atoms with Gasteiger partial charge in [-0.05, 0) is 12.1 Å². The lowest BCUT2D eigenvalue weighted by Gasteiger charge is -1.88. The van der Waals surface area contributed by atoms with E-state index in [0.29, 0.717) is 5.69 Å². The van der Waals surface area contributed by atoms with Crippen molar-refractivity contribution in [1.29, 1.82) is 5.26 Å². The van der Waals surface area contributed by atoms with Crippen LogP contribution in [-0.2, 0) is 0 Å². The third-order valence-electron chi connectivity index (χ3n) is 1.35. The molecule has 0 unspecified atom stereocenters. The smallest absolute Gasteiger partial charge is 0.140 e. The molecule has 1 aromatic heterocycles. The van der Waals surface area contributed by atoms with E-state index in [1.54, 1.807) is 18.3 Å². The monoisotopic (exact) mass is 188 g/mol. The predicted octanol–water partition coefficient (Wildman–Crippen LogP) is 1.62. The van der Waals surface area contributed by atoms with Crippen LogP contribution in [-0.4, -0.2) is 10.7 Å². The normalized spacial score (nSPS) is 8.31. The summed E-state index contributed by atoms with van der Waals surface area (Å²) in [6.07, 6.45) is 2.37. The van der Waals surface area contributed by atoms with Crippen LogP contribution in [0.4, 0.5) is 0 Å². The summed E-state index contributed by atoms with van der Waals surface area (Å²) in [5, 5.41) is 8.48. The first-order chi connectivity index (χ1) is 6.36. The zero-order chi connectivity index (χ0) is 9.52. The van der Waals surface area contributed by atoms with Gasteiger partial charge in [0.05, 0.1) is 0 Å². The first-order valence-electron chi connectivity index (χ1n) is 3.82. The fourth-order valence-corrected chi connectivity index (χ4v) is 0.866. The van der Waals surface area contributed by atoms with Gasteiger partial charge < -0.3 is 0 Å². The molecule has 0 fully saturated rings. The maximum absolute atomic E-state index is 8.48. The standard InChI is InChI=1S/C10H8N2S/c11-7-10-5-4-9(8-12-10)3-1-2-6-13/h4-5,8,13H,2,6H2. The Kier molecular flexibility index (Phi) is 3.88. The molecule has 1 aromatic rings. The summed E-state index contributed by atoms with van der Waals surface area (Å²) in [4.78, 5) is 3.89. The largest absolute Gasteiger partial charge is 0.244 e. The van der Waals surface area contributed by atoms with Crippen LogP contribution in [0.25, 0.3) is 0 Å². The van der Waals surface area contributed by atoms with Gasteiger partial charge in [0.15, 0.2) is 0 Å². The molecule has 3 heteroatoms. The van der Waals surface area contributed by atoms with Crippen molar-refractivity contribution < 1.29 is 0 Å². The highest BCUT2D eigenvalue weighted by Crippen LogP contribution is 1.97. The average molecular weight is 188 g/mol. The van der Waals surface area contributed by atoms with Crippen LogP contribution < -0.4 is 0 Å². The minimum atomic E-state index is 0.416. The highest BCUT2D eigenvalue weighted by Gasteiger charge is 1.89. The fourth-order valence-electron chi connectivity index (χ4n) is 0.754. The Morgan fingerprint density at radius 1 is 1.46 bits per heavy atom. The number of nitrogens with zero attached hydrogens (tertiary/aromatic N) is 2. The van der Waals surface area contributed by atoms with Gasteiger partial charge in [0.25, 0.3) is 0 Å². The van der Waals surface area contributed by atoms with Gasteiger partial charge in [0.2, 0.25) is 0 Å². The minimum absolute atomic E-state index is 0.416. The van der Waals surface area contributed by atoms with Crippen LogP contribution in [0, 0.1) is 23.2 Å². The van der Waals surface area contributed by atoms with E-state index in [9.17, 15) is 0 Å². The molecule has 1 heterocycles. The minimum Gasteiger partial charge on any atom is -0.244 e. The Bertz CT molecular complexity index is 365. The van der Waals surface area contributed by atoms with Gasteiger partial charge in [-0.3, -0.25) is 0 Å². The van der Waals surface area contributed by atoms with E-state index >= 15 is 0 Å². The van der Waals surface area contributed by atoms with Gasteiger partial charge in [-0.15, -0.1) is 0 Å². The SMILES string of the molecule is N#Cc1ccc(C#CCCS)cn1. The molecular weight excluding hydrogens is 180 g/mol. The maximum atomic E-state index is 8.48. The van der Waals surface area contributed by atoms with Crippen molar-refractivity contribution in [3.05, 3.63) is 29.6 Å². The highest BCUT2D eigenvalue weighted by atomic mass is 32.1. The predicted molar refractivity (Wildman–Crippen MR) is 54.3 cm³/mol. The second kappa shape index (κ2) is 5.24. The molecule has 0 atom stereocenters. The number of hydrogen-bond donors (Lipinski definition) is 1. The Morgan fingerprint density at radius 2 is 2.31 bits per heavy atom. The Hall–Kier alpha value is -1.45. The van der Waals surface area contributed by atoms with E-state index < -0.39 is 0 Å². The molecule has 0 saturated carbocycles. The van der Waals surface area contributed by atoms with Crippen molar-refractivity contribution in [3.63, 3.8) is 0 Å². The second-order valence-electron chi connectivity index (χ2n) is 2.32. The molecule has 0 N–H and O–H groups in total. The first-order valence-corrected chi connectivity index (χ1v) is 4.46. The van der Waals surface area contributed by atoms with E-state index in [4.69, 9.17) is 5.26 Å². The molecule has 0 spiro atoms. The van der Waals surface area contributed by atoms with E-state index in [1.165, 1.54) is 0 Å². The average Bonchev–Trinajstić information content (AvgIpc) is 2.19. The van der Waals surface area contributed by atoms with Crippen molar-refractivity contribution in [1.82, 2.24) is 4.98 Å². The summed E-state index contributed by atoms with van der Waals surface area (Å²) in [6.45, 7) is 0. The van der Waals surface area contributed by atoms with Crippen molar-refractivity contribution in [2.24, 2.45) is 0 Å². The fraction of sp³-hybridized carbons (Fsp3) is 0.200. The van der Waals surface area contributed by atoms with Crippen molar-refractivity contribution in [2.75, 3.05) is 5.75 Å². The van der Waals surface area contributed by atoms with Gasteiger partial charge in [0.1, 0.15) is 11.8 Å². The number of rotatable bonds is 1. The highest BCUT2D eigenvalue weighted by molar-refractivity contribution is 7.80. The molecule has 0 saturated heterocycles. The Labute approximate surface area is 83.0 Å². The van der Waals surface area contributed by atoms with Crippen molar-refractivity contribution >= 4 is 12.6 Å². The molecule has 0 bridgehead atoms. The molecule has 0 amide bonds. The summed E-state index contributed by atoms with van der Waals surface area (Å²) in [7, 11) is 0. The van der Waals surface area contributed by atoms with E-state index in [2.05, 4.69) is 29.5 Å². The summed E-state index contributed by atoms with van der Waals surface area (Å²) in [5.74, 6) is 6.63. The molecule has 64 valence electrons. The van der Waals surface area contributed by atoms with E-state index in [1.807, 2.05) is 6.07 Å². The second-order valence-corrected chi connectivity index (χ2v) is 2.77. The Balaban J connectivity index is 2.72. The van der Waals surface area contributed by atoms with Crippen molar-refractivity contribution in [3.8, 4) is 17.9 Å². The third-order valence-corrected chi connectivity index (χ3v) is 1.57. The molecule has 0 aliphatic heterocycles. The number of pyridine rings is 1. The maximum Gasteiger partial charge on any atom is 0.140 e. The molecule has 1 rings (SSSR count). The topological polar surface area (TPSA) is 36.7 Å². The summed E-state index contributed by atoms with van der Waals surface area (Å²) in [6, 6.07) is 5.40. The molecular formula is C10H8N2S. The van der Waals surface area contributed by atoms with Crippen LogP contribution in [0.2, 0.25) is 0 Å². The van der Waals surface area contributed by atoms with Crippen molar-refractivity contribution in [2.45, 2.75) is 6.42 Å². The van der Waals surface area contributed by atoms with E-state index in [-0.39, 0.29) is 0 Å². The van der Waals surface area contributed by atoms with Gasteiger partial charge in [-0.1, -0.05) is 11.8 Å². The zero-order valence-electron chi connectivity index (χ0n) is 6.99. The van der Waals surface area contributed by atoms with E-state index in [0.717, 1.165) is 17.7 Å².